The Bertz CT molecular complexity index is 253. The van der Waals surface area contributed by atoms with Gasteiger partial charge < -0.3 is 0 Å². The van der Waals surface area contributed by atoms with Crippen LogP contribution in [0.5, 0.6) is 0 Å². The molecule has 4 rings (SSSR count). The lowest BCUT2D eigenvalue weighted by Gasteiger charge is -2.18. The molecule has 0 aliphatic carbocycles. The van der Waals surface area contributed by atoms with Gasteiger partial charge in [-0.2, -0.15) is 0 Å². The zero-order valence-corrected chi connectivity index (χ0v) is 8.71. The summed E-state index contributed by atoms with van der Waals surface area (Å²) in [5.74, 6) is 0. The Kier molecular flexibility index (Phi) is 0.553. The fourth-order valence-electron chi connectivity index (χ4n) is 1.12. The molecule has 2 aromatic rings. The quantitative estimate of drug-likeness (QED) is 0.524. The fraction of sp³-hybridized carbons (Fsp3) is 1.00. The summed E-state index contributed by atoms with van der Waals surface area (Å²) in [7, 11) is 0. The maximum atomic E-state index is 2.62. The van der Waals surface area contributed by atoms with Gasteiger partial charge in [-0.15, -0.1) is 0 Å². The average molecular weight is 185 g/mol. The molecule has 0 aromatic carbocycles. The predicted molar refractivity (Wildman–Crippen MR) is 46.4 cm³/mol. The Morgan fingerprint density at radius 2 is 1.43 bits per heavy atom. The van der Waals surface area contributed by atoms with Crippen molar-refractivity contribution < 1.29 is 0 Å². The van der Waals surface area contributed by atoms with Crippen LogP contribution in [0.15, 0.2) is 0 Å². The second-order valence-electron chi connectivity index (χ2n) is 2.41. The van der Waals surface area contributed by atoms with Crippen molar-refractivity contribution in [2.45, 2.75) is 0 Å². The molecule has 0 N–H and O–H groups in total. The summed E-state index contributed by atoms with van der Waals surface area (Å²) >= 11 is 0. The average Bonchev–Trinajstić information content (AvgIpc) is 2.04. The molecule has 4 heterocycles. The molecule has 0 fully saturated rings. The molecule has 0 saturated carbocycles. The third-order valence-electron chi connectivity index (χ3n) is 1.61. The minimum Gasteiger partial charge on any atom is 0.0632 e. The lowest BCUT2D eigenvalue weighted by Crippen LogP contribution is -1.66. The van der Waals surface area contributed by atoms with Crippen molar-refractivity contribution in [3.63, 3.8) is 0 Å². The van der Waals surface area contributed by atoms with Crippen LogP contribution in [0.25, 0.3) is 0 Å². The van der Waals surface area contributed by atoms with Gasteiger partial charge in [0.1, 0.15) is 19.8 Å². The van der Waals surface area contributed by atoms with E-state index in [9.17, 15) is 0 Å². The zero-order valence-electron chi connectivity index (χ0n) is 4.24. The molecule has 0 unspecified atom stereocenters. The minimum atomic E-state index is 0.0144. The smallest absolute Gasteiger partial charge is 0.0632 e. The molecule has 2 aromatic heterocycles. The molecule has 0 nitrogen and oxygen atoms in total. The Balaban J connectivity index is 2.41. The Labute approximate surface area is 46.4 Å². The zero-order chi connectivity index (χ0) is 4.81. The highest BCUT2D eigenvalue weighted by Crippen LogP contribution is 3.41. The molecule has 38 valence electrons. The third-order valence-corrected chi connectivity index (χ3v) is 82.5. The Hall–Kier alpha value is 1.63. The third kappa shape index (κ3) is 0.275. The van der Waals surface area contributed by atoms with Crippen LogP contribution in [0.2, 0.25) is 0 Å². The van der Waals surface area contributed by atoms with Gasteiger partial charge >= 0.3 is 0 Å². The summed E-state index contributed by atoms with van der Waals surface area (Å²) < 4.78 is 0. The molecule has 0 saturated heterocycles. The first-order chi connectivity index (χ1) is 3.24. The molecule has 0 spiro atoms. The summed E-state index contributed by atoms with van der Waals surface area (Å²) in [6, 6.07) is 0. The van der Waals surface area contributed by atoms with Gasteiger partial charge in [0, 0.05) is 0 Å². The van der Waals surface area contributed by atoms with Crippen LogP contribution in [0.3, 0.4) is 0 Å². The molecule has 2 aliphatic rings. The van der Waals surface area contributed by atoms with Gasteiger partial charge in [-0.3, -0.25) is 0 Å². The fourth-order valence-corrected chi connectivity index (χ4v) is 148. The highest BCUT2D eigenvalue weighted by atomic mass is 33.4. The van der Waals surface area contributed by atoms with Crippen molar-refractivity contribution in [1.82, 2.24) is 0 Å². The minimum absolute atomic E-state index is 0.0144. The van der Waals surface area contributed by atoms with E-state index in [1.165, 1.54) is 0 Å². The standard InChI is InChI=1S/C2H6P5/c1-7(2)5-3-4(5)6(3)7/h1-2H3/q+1. The van der Waals surface area contributed by atoms with E-state index in [4.69, 9.17) is 0 Å². The maximum Gasteiger partial charge on any atom is 0.111 e. The first kappa shape index (κ1) is 4.45. The second kappa shape index (κ2) is 0.870. The Morgan fingerprint density at radius 3 is 1.43 bits per heavy atom. The summed E-state index contributed by atoms with van der Waals surface area (Å²) in [5.41, 5.74) is 0. The van der Waals surface area contributed by atoms with E-state index < -0.39 is 0 Å². The lowest BCUT2D eigenvalue weighted by molar-refractivity contribution is 2.27. The molecular formula is C2H6P5+. The van der Waals surface area contributed by atoms with E-state index in [-0.39, 0.29) is 6.64 Å². The van der Waals surface area contributed by atoms with E-state index in [0.29, 0.717) is 0 Å². The van der Waals surface area contributed by atoms with E-state index in [0.717, 1.165) is 25.9 Å². The van der Waals surface area contributed by atoms with Gasteiger partial charge in [0.2, 0.25) is 0 Å². The summed E-state index contributed by atoms with van der Waals surface area (Å²) in [6.07, 6.45) is 1.98. The highest BCUT2D eigenvalue weighted by molar-refractivity contribution is 9.42. The normalized spacial score (nSPS) is 35.1. The summed E-state index contributed by atoms with van der Waals surface area (Å²) in [4.78, 5) is 0. The SMILES string of the molecule is C[P+]1(C)p2p3p1p23. The maximum absolute atomic E-state index is 2.62. The van der Waals surface area contributed by atoms with Gasteiger partial charge in [-0.1, -0.05) is 0 Å². The second-order valence-corrected chi connectivity index (χ2v) is 39.9. The largest absolute Gasteiger partial charge is 0.111 e. The van der Waals surface area contributed by atoms with Crippen molar-refractivity contribution in [2.24, 2.45) is 0 Å². The molecule has 5 heteroatoms. The van der Waals surface area contributed by atoms with Crippen LogP contribution in [0.4, 0.5) is 0 Å². The lowest BCUT2D eigenvalue weighted by atomic mass is 11.9. The van der Waals surface area contributed by atoms with E-state index in [1.54, 1.807) is 0 Å². The number of hydrogen-bond acceptors (Lipinski definition) is 0. The first-order valence-electron chi connectivity index (χ1n) is 2.29. The van der Waals surface area contributed by atoms with Crippen LogP contribution in [0.1, 0.15) is 0 Å². The highest BCUT2D eigenvalue weighted by Gasteiger charge is 2.69. The predicted octanol–water partition coefficient (Wildman–Crippen LogP) is 4.64. The number of hydrogen-bond donors (Lipinski definition) is 0. The van der Waals surface area contributed by atoms with Crippen molar-refractivity contribution in [3.8, 4) is 0 Å². The van der Waals surface area contributed by atoms with Gasteiger partial charge in [0.25, 0.3) is 0 Å². The molecule has 2 bridgehead atoms. The van der Waals surface area contributed by atoms with Gasteiger partial charge in [0.15, 0.2) is 0 Å². The van der Waals surface area contributed by atoms with Crippen molar-refractivity contribution in [3.05, 3.63) is 0 Å². The summed E-state index contributed by atoms with van der Waals surface area (Å²) in [6.45, 7) is 7.13. The molecule has 0 amide bonds. The van der Waals surface area contributed by atoms with Crippen LogP contribution >= 0.6 is 32.5 Å². The molecule has 2 aliphatic heterocycles. The van der Waals surface area contributed by atoms with Crippen LogP contribution < -0.4 is 0 Å². The number of rotatable bonds is 0. The van der Waals surface area contributed by atoms with E-state index in [1.807, 2.05) is 0 Å². The van der Waals surface area contributed by atoms with Crippen LogP contribution in [-0.4, -0.2) is 13.3 Å². The van der Waals surface area contributed by atoms with Gasteiger partial charge in [-0.05, 0) is 0 Å². The monoisotopic (exact) mass is 185 g/mol. The molecule has 0 radical (unpaired) electrons. The van der Waals surface area contributed by atoms with Crippen LogP contribution in [-0.2, 0) is 0 Å². The van der Waals surface area contributed by atoms with Crippen LogP contribution in [0, 0.1) is 0 Å². The summed E-state index contributed by atoms with van der Waals surface area (Å²) in [5, 5.41) is 0. The first-order valence-corrected chi connectivity index (χ1v) is 15.3. The van der Waals surface area contributed by atoms with Gasteiger partial charge in [-0.25, -0.2) is 0 Å². The Morgan fingerprint density at radius 1 is 1.00 bits per heavy atom. The molecular weight excluding hydrogens is 179 g/mol. The van der Waals surface area contributed by atoms with Crippen molar-refractivity contribution in [2.75, 3.05) is 13.3 Å². The topological polar surface area (TPSA) is 0 Å². The van der Waals surface area contributed by atoms with Crippen molar-refractivity contribution >= 4 is 32.5 Å². The van der Waals surface area contributed by atoms with E-state index in [2.05, 4.69) is 13.3 Å². The molecule has 7 heavy (non-hydrogen) atoms. The van der Waals surface area contributed by atoms with E-state index >= 15 is 0 Å². The molecule has 0 atom stereocenters. The van der Waals surface area contributed by atoms with Crippen molar-refractivity contribution in [1.29, 1.82) is 0 Å². The van der Waals surface area contributed by atoms with Gasteiger partial charge in [0.05, 0.1) is 26.1 Å².